The fourth-order valence-electron chi connectivity index (χ4n) is 3.97. The van der Waals surface area contributed by atoms with Crippen LogP contribution in [0.25, 0.3) is 0 Å². The second-order valence-electron chi connectivity index (χ2n) is 7.22. The Morgan fingerprint density at radius 1 is 0.893 bits per heavy atom. The zero-order chi connectivity index (χ0) is 19.2. The number of nitrogens with zero attached hydrogens (tertiary/aromatic N) is 1. The zero-order valence-corrected chi connectivity index (χ0v) is 16.0. The lowest BCUT2D eigenvalue weighted by atomic mass is 9.89. The monoisotopic (exact) mass is 371 g/mol. The molecule has 0 radical (unpaired) electrons. The van der Waals surface area contributed by atoms with Crippen molar-refractivity contribution in [2.24, 2.45) is 0 Å². The van der Waals surface area contributed by atoms with Gasteiger partial charge in [0.1, 0.15) is 5.75 Å². The van der Waals surface area contributed by atoms with Gasteiger partial charge < -0.3 is 9.64 Å². The van der Waals surface area contributed by atoms with Gasteiger partial charge in [0.15, 0.2) is 0 Å². The van der Waals surface area contributed by atoms with Crippen LogP contribution in [0.5, 0.6) is 5.75 Å². The Morgan fingerprint density at radius 2 is 1.57 bits per heavy atom. The number of carbonyl (C=O) groups is 1. The molecule has 3 aromatic rings. The summed E-state index contributed by atoms with van der Waals surface area (Å²) >= 11 is 0. The molecule has 1 atom stereocenters. The van der Waals surface area contributed by atoms with Crippen molar-refractivity contribution in [3.05, 3.63) is 102 Å². The molecule has 0 N–H and O–H groups in total. The quantitative estimate of drug-likeness (QED) is 0.566. The SMILES string of the molecule is O=C(Oc1ccccc1)N1CCc2ccccc2[C@@H]1CCCc1ccccc1. The van der Waals surface area contributed by atoms with E-state index in [9.17, 15) is 4.79 Å². The molecule has 4 rings (SSSR count). The van der Waals surface area contributed by atoms with Gasteiger partial charge in [-0.2, -0.15) is 0 Å². The van der Waals surface area contributed by atoms with Gasteiger partial charge in [-0.1, -0.05) is 72.8 Å². The van der Waals surface area contributed by atoms with Crippen LogP contribution in [0.2, 0.25) is 0 Å². The van der Waals surface area contributed by atoms with E-state index in [-0.39, 0.29) is 12.1 Å². The minimum atomic E-state index is -0.259. The molecule has 0 unspecified atom stereocenters. The van der Waals surface area contributed by atoms with E-state index in [2.05, 4.69) is 48.5 Å². The molecule has 0 spiro atoms. The van der Waals surface area contributed by atoms with Gasteiger partial charge >= 0.3 is 6.09 Å². The van der Waals surface area contributed by atoms with E-state index in [0.717, 1.165) is 25.7 Å². The van der Waals surface area contributed by atoms with Crippen molar-refractivity contribution in [3.63, 3.8) is 0 Å². The van der Waals surface area contributed by atoms with E-state index in [1.54, 1.807) is 0 Å². The number of hydrogen-bond acceptors (Lipinski definition) is 2. The van der Waals surface area contributed by atoms with Gasteiger partial charge in [-0.05, 0) is 54.5 Å². The Balaban J connectivity index is 1.50. The van der Waals surface area contributed by atoms with Crippen molar-refractivity contribution in [2.75, 3.05) is 6.54 Å². The number of amides is 1. The number of rotatable bonds is 5. The molecular weight excluding hydrogens is 346 g/mol. The van der Waals surface area contributed by atoms with Crippen LogP contribution in [0.15, 0.2) is 84.9 Å². The first-order chi connectivity index (χ1) is 13.8. The Hall–Kier alpha value is -3.07. The van der Waals surface area contributed by atoms with E-state index in [4.69, 9.17) is 4.74 Å². The van der Waals surface area contributed by atoms with E-state index in [1.807, 2.05) is 41.3 Å². The Labute approximate surface area is 166 Å². The standard InChI is InChI=1S/C25H25NO2/c27-25(28-22-14-5-2-6-15-22)26-19-18-21-13-7-8-16-23(21)24(26)17-9-12-20-10-3-1-4-11-20/h1-8,10-11,13-16,24H,9,12,17-19H2/t24-/m0/s1. The molecule has 1 aliphatic heterocycles. The Bertz CT molecular complexity index is 908. The van der Waals surface area contributed by atoms with Crippen molar-refractivity contribution >= 4 is 6.09 Å². The number of para-hydroxylation sites is 1. The minimum Gasteiger partial charge on any atom is -0.410 e. The molecular formula is C25H25NO2. The molecule has 0 aromatic heterocycles. The van der Waals surface area contributed by atoms with Crippen molar-refractivity contribution in [1.82, 2.24) is 4.90 Å². The summed E-state index contributed by atoms with van der Waals surface area (Å²) in [5.74, 6) is 0.592. The van der Waals surface area contributed by atoms with Crippen LogP contribution < -0.4 is 4.74 Å². The molecule has 142 valence electrons. The Morgan fingerprint density at radius 3 is 2.36 bits per heavy atom. The molecule has 1 aliphatic rings. The second kappa shape index (κ2) is 8.75. The summed E-state index contributed by atoms with van der Waals surface area (Å²) in [6, 6.07) is 28.4. The molecule has 3 nitrogen and oxygen atoms in total. The van der Waals surface area contributed by atoms with E-state index < -0.39 is 0 Å². The number of benzene rings is 3. The summed E-state index contributed by atoms with van der Waals surface area (Å²) in [5.41, 5.74) is 3.94. The van der Waals surface area contributed by atoms with E-state index >= 15 is 0 Å². The maximum absolute atomic E-state index is 12.9. The molecule has 1 heterocycles. The predicted octanol–water partition coefficient (Wildman–Crippen LogP) is 5.81. The first-order valence-electron chi connectivity index (χ1n) is 9.96. The fourth-order valence-corrected chi connectivity index (χ4v) is 3.97. The van der Waals surface area contributed by atoms with E-state index in [0.29, 0.717) is 12.3 Å². The topological polar surface area (TPSA) is 29.5 Å². The van der Waals surface area contributed by atoms with Crippen LogP contribution in [-0.2, 0) is 12.8 Å². The van der Waals surface area contributed by atoms with Crippen LogP contribution in [-0.4, -0.2) is 17.5 Å². The molecule has 0 saturated heterocycles. The molecule has 0 saturated carbocycles. The van der Waals surface area contributed by atoms with Gasteiger partial charge in [0.25, 0.3) is 0 Å². The average Bonchev–Trinajstić information content (AvgIpc) is 2.75. The minimum absolute atomic E-state index is 0.0601. The number of hydrogen-bond donors (Lipinski definition) is 0. The number of aryl methyl sites for hydroxylation is 1. The van der Waals surface area contributed by atoms with E-state index in [1.165, 1.54) is 16.7 Å². The summed E-state index contributed by atoms with van der Waals surface area (Å²) in [6.07, 6.45) is 3.58. The largest absolute Gasteiger partial charge is 0.415 e. The van der Waals surface area contributed by atoms with Crippen molar-refractivity contribution < 1.29 is 9.53 Å². The highest BCUT2D eigenvalue weighted by Crippen LogP contribution is 2.34. The van der Waals surface area contributed by atoms with Crippen LogP contribution in [0, 0.1) is 0 Å². The average molecular weight is 371 g/mol. The molecule has 3 heteroatoms. The summed E-state index contributed by atoms with van der Waals surface area (Å²) < 4.78 is 5.65. The zero-order valence-electron chi connectivity index (χ0n) is 16.0. The molecule has 28 heavy (non-hydrogen) atoms. The van der Waals surface area contributed by atoms with Crippen molar-refractivity contribution in [1.29, 1.82) is 0 Å². The van der Waals surface area contributed by atoms with Gasteiger partial charge in [-0.3, -0.25) is 0 Å². The van der Waals surface area contributed by atoms with Crippen molar-refractivity contribution in [2.45, 2.75) is 31.7 Å². The third kappa shape index (κ3) is 4.25. The van der Waals surface area contributed by atoms with Crippen LogP contribution in [0.3, 0.4) is 0 Å². The summed E-state index contributed by atoms with van der Waals surface area (Å²) in [6.45, 7) is 0.693. The lowest BCUT2D eigenvalue weighted by Gasteiger charge is -2.36. The molecule has 0 fully saturated rings. The molecule has 1 amide bonds. The molecule has 0 aliphatic carbocycles. The molecule has 0 bridgehead atoms. The highest BCUT2D eigenvalue weighted by atomic mass is 16.6. The third-order valence-corrected chi connectivity index (χ3v) is 5.38. The lowest BCUT2D eigenvalue weighted by Crippen LogP contribution is -2.41. The predicted molar refractivity (Wildman–Crippen MR) is 111 cm³/mol. The maximum Gasteiger partial charge on any atom is 0.415 e. The van der Waals surface area contributed by atoms with Gasteiger partial charge in [-0.25, -0.2) is 4.79 Å². The van der Waals surface area contributed by atoms with Crippen molar-refractivity contribution in [3.8, 4) is 5.75 Å². The number of carbonyl (C=O) groups excluding carboxylic acids is 1. The second-order valence-corrected chi connectivity index (χ2v) is 7.22. The molecule has 3 aromatic carbocycles. The summed E-state index contributed by atoms with van der Waals surface area (Å²) in [5, 5.41) is 0. The van der Waals surface area contributed by atoms with Crippen LogP contribution in [0.4, 0.5) is 4.79 Å². The van der Waals surface area contributed by atoms with Crippen LogP contribution >= 0.6 is 0 Å². The lowest BCUT2D eigenvalue weighted by molar-refractivity contribution is 0.123. The smallest absolute Gasteiger partial charge is 0.410 e. The summed E-state index contributed by atoms with van der Waals surface area (Å²) in [7, 11) is 0. The van der Waals surface area contributed by atoms with Gasteiger partial charge in [0.05, 0.1) is 6.04 Å². The number of fused-ring (bicyclic) bond motifs is 1. The third-order valence-electron chi connectivity index (χ3n) is 5.38. The van der Waals surface area contributed by atoms with Gasteiger partial charge in [-0.15, -0.1) is 0 Å². The number of ether oxygens (including phenoxy) is 1. The summed E-state index contributed by atoms with van der Waals surface area (Å²) in [4.78, 5) is 14.8. The van der Waals surface area contributed by atoms with Crippen LogP contribution in [0.1, 0.15) is 35.6 Å². The first-order valence-corrected chi connectivity index (χ1v) is 9.96. The van der Waals surface area contributed by atoms with Gasteiger partial charge in [0.2, 0.25) is 0 Å². The normalized spacial score (nSPS) is 15.7. The Kier molecular flexibility index (Phi) is 5.72. The van der Waals surface area contributed by atoms with Gasteiger partial charge in [0, 0.05) is 6.54 Å². The fraction of sp³-hybridized carbons (Fsp3) is 0.240. The highest BCUT2D eigenvalue weighted by molar-refractivity contribution is 5.72. The maximum atomic E-state index is 12.9. The highest BCUT2D eigenvalue weighted by Gasteiger charge is 2.31. The first kappa shape index (κ1) is 18.3.